The number of pyridine rings is 1. The summed E-state index contributed by atoms with van der Waals surface area (Å²) < 4.78 is 4.90. The lowest BCUT2D eigenvalue weighted by atomic mass is 10.0. The SMILES string of the molecule is CCc1cc(C)c(/C=C\CCCCOC(C)=O)c(C)n1. The van der Waals surface area contributed by atoms with E-state index in [0.29, 0.717) is 6.61 Å². The Morgan fingerprint density at radius 2 is 2.10 bits per heavy atom. The standard InChI is InChI=1S/C17H25NO2/c1-5-16-12-13(2)17(14(3)18-16)10-8-6-7-9-11-20-15(4)19/h8,10,12H,5-7,9,11H2,1-4H3/b10-8-. The first-order chi connectivity index (χ1) is 9.54. The second kappa shape index (κ2) is 8.51. The summed E-state index contributed by atoms with van der Waals surface area (Å²) in [5.41, 5.74) is 4.75. The highest BCUT2D eigenvalue weighted by molar-refractivity contribution is 5.65. The fraction of sp³-hybridized carbons (Fsp3) is 0.529. The van der Waals surface area contributed by atoms with E-state index < -0.39 is 0 Å². The van der Waals surface area contributed by atoms with Gasteiger partial charge in [-0.1, -0.05) is 19.1 Å². The van der Waals surface area contributed by atoms with Crippen LogP contribution < -0.4 is 0 Å². The highest BCUT2D eigenvalue weighted by Crippen LogP contribution is 2.16. The largest absolute Gasteiger partial charge is 0.466 e. The van der Waals surface area contributed by atoms with Gasteiger partial charge in [0.05, 0.1) is 6.61 Å². The molecule has 3 nitrogen and oxygen atoms in total. The minimum absolute atomic E-state index is 0.200. The van der Waals surface area contributed by atoms with E-state index in [9.17, 15) is 4.79 Å². The van der Waals surface area contributed by atoms with Gasteiger partial charge in [-0.15, -0.1) is 0 Å². The summed E-state index contributed by atoms with van der Waals surface area (Å²) in [6.07, 6.45) is 8.24. The van der Waals surface area contributed by atoms with Gasteiger partial charge in [0.25, 0.3) is 0 Å². The summed E-state index contributed by atoms with van der Waals surface area (Å²) in [5.74, 6) is -0.200. The minimum Gasteiger partial charge on any atom is -0.466 e. The van der Waals surface area contributed by atoms with Crippen molar-refractivity contribution in [2.45, 2.75) is 53.4 Å². The molecule has 0 aliphatic rings. The number of carbonyl (C=O) groups excluding carboxylic acids is 1. The first-order valence-electron chi connectivity index (χ1n) is 7.31. The fourth-order valence-electron chi connectivity index (χ4n) is 2.14. The Morgan fingerprint density at radius 3 is 2.70 bits per heavy atom. The van der Waals surface area contributed by atoms with Crippen LogP contribution in [-0.4, -0.2) is 17.6 Å². The maximum Gasteiger partial charge on any atom is 0.302 e. The molecule has 20 heavy (non-hydrogen) atoms. The van der Waals surface area contributed by atoms with Gasteiger partial charge < -0.3 is 4.74 Å². The summed E-state index contributed by atoms with van der Waals surface area (Å²) in [6, 6.07) is 2.16. The molecule has 1 rings (SSSR count). The normalized spacial score (nSPS) is 11.0. The van der Waals surface area contributed by atoms with Crippen LogP contribution in [0.1, 0.15) is 55.6 Å². The van der Waals surface area contributed by atoms with Gasteiger partial charge in [-0.3, -0.25) is 9.78 Å². The maximum atomic E-state index is 10.6. The van der Waals surface area contributed by atoms with E-state index in [1.165, 1.54) is 18.1 Å². The highest BCUT2D eigenvalue weighted by Gasteiger charge is 2.02. The first-order valence-corrected chi connectivity index (χ1v) is 7.31. The van der Waals surface area contributed by atoms with Gasteiger partial charge in [0.2, 0.25) is 0 Å². The molecule has 0 aliphatic carbocycles. The number of carbonyl (C=O) groups is 1. The molecule has 1 aromatic heterocycles. The second-order valence-corrected chi connectivity index (χ2v) is 5.02. The number of allylic oxidation sites excluding steroid dienone is 1. The fourth-order valence-corrected chi connectivity index (χ4v) is 2.14. The topological polar surface area (TPSA) is 39.2 Å². The summed E-state index contributed by atoms with van der Waals surface area (Å²) in [4.78, 5) is 15.2. The Hall–Kier alpha value is -1.64. The number of hydrogen-bond acceptors (Lipinski definition) is 3. The van der Waals surface area contributed by atoms with Gasteiger partial charge in [-0.05, 0) is 56.7 Å². The van der Waals surface area contributed by atoms with Crippen molar-refractivity contribution in [1.82, 2.24) is 4.98 Å². The quantitative estimate of drug-likeness (QED) is 0.557. The Morgan fingerprint density at radius 1 is 1.35 bits per heavy atom. The van der Waals surface area contributed by atoms with E-state index in [0.717, 1.165) is 37.1 Å². The zero-order valence-corrected chi connectivity index (χ0v) is 13.0. The molecule has 0 fully saturated rings. The molecule has 0 saturated carbocycles. The van der Waals surface area contributed by atoms with Crippen LogP contribution in [0.4, 0.5) is 0 Å². The average Bonchev–Trinajstić information content (AvgIpc) is 2.39. The van der Waals surface area contributed by atoms with Gasteiger partial charge in [0.15, 0.2) is 0 Å². The third-order valence-corrected chi connectivity index (χ3v) is 3.23. The van der Waals surface area contributed by atoms with E-state index in [4.69, 9.17) is 4.74 Å². The Labute approximate surface area is 122 Å². The average molecular weight is 275 g/mol. The third kappa shape index (κ3) is 5.55. The van der Waals surface area contributed by atoms with E-state index in [1.807, 2.05) is 0 Å². The van der Waals surface area contributed by atoms with Crippen LogP contribution in [0.3, 0.4) is 0 Å². The number of rotatable bonds is 7. The molecule has 0 bridgehead atoms. The Balaban J connectivity index is 2.44. The molecule has 0 saturated heterocycles. The van der Waals surface area contributed by atoms with Gasteiger partial charge >= 0.3 is 5.97 Å². The van der Waals surface area contributed by atoms with Crippen molar-refractivity contribution in [3.05, 3.63) is 34.7 Å². The predicted octanol–water partition coefficient (Wildman–Crippen LogP) is 4.01. The lowest BCUT2D eigenvalue weighted by molar-refractivity contribution is -0.141. The first kappa shape index (κ1) is 16.4. The van der Waals surface area contributed by atoms with Crippen molar-refractivity contribution in [2.24, 2.45) is 0 Å². The molecule has 110 valence electrons. The molecule has 1 heterocycles. The van der Waals surface area contributed by atoms with Crippen molar-refractivity contribution >= 4 is 12.0 Å². The van der Waals surface area contributed by atoms with Gasteiger partial charge in [-0.2, -0.15) is 0 Å². The zero-order valence-electron chi connectivity index (χ0n) is 13.0. The summed E-state index contributed by atoms with van der Waals surface area (Å²) in [6.45, 7) is 8.28. The molecule has 0 amide bonds. The van der Waals surface area contributed by atoms with Crippen molar-refractivity contribution in [2.75, 3.05) is 6.61 Å². The Bertz CT molecular complexity index is 455. The van der Waals surface area contributed by atoms with Gasteiger partial charge in [-0.25, -0.2) is 0 Å². The highest BCUT2D eigenvalue weighted by atomic mass is 16.5. The van der Waals surface area contributed by atoms with Crippen LogP contribution in [0, 0.1) is 13.8 Å². The predicted molar refractivity (Wildman–Crippen MR) is 82.6 cm³/mol. The Kier molecular flexibility index (Phi) is 6.99. The van der Waals surface area contributed by atoms with Crippen molar-refractivity contribution in [3.63, 3.8) is 0 Å². The number of ether oxygens (including phenoxy) is 1. The van der Waals surface area contributed by atoms with Crippen molar-refractivity contribution in [3.8, 4) is 0 Å². The van der Waals surface area contributed by atoms with Crippen LogP contribution in [0.25, 0.3) is 6.08 Å². The number of esters is 1. The maximum absolute atomic E-state index is 10.6. The third-order valence-electron chi connectivity index (χ3n) is 3.23. The molecule has 0 atom stereocenters. The van der Waals surface area contributed by atoms with Gasteiger partial charge in [0, 0.05) is 18.3 Å². The number of aromatic nitrogens is 1. The minimum atomic E-state index is -0.200. The van der Waals surface area contributed by atoms with Crippen LogP contribution in [0.2, 0.25) is 0 Å². The molecule has 0 unspecified atom stereocenters. The monoisotopic (exact) mass is 275 g/mol. The molecule has 0 aliphatic heterocycles. The molecular formula is C17H25NO2. The van der Waals surface area contributed by atoms with E-state index in [2.05, 4.69) is 44.0 Å². The lowest BCUT2D eigenvalue weighted by Gasteiger charge is -2.07. The van der Waals surface area contributed by atoms with Crippen molar-refractivity contribution < 1.29 is 9.53 Å². The van der Waals surface area contributed by atoms with Crippen molar-refractivity contribution in [1.29, 1.82) is 0 Å². The van der Waals surface area contributed by atoms with E-state index in [-0.39, 0.29) is 5.97 Å². The number of unbranched alkanes of at least 4 members (excludes halogenated alkanes) is 2. The summed E-state index contributed by atoms with van der Waals surface area (Å²) >= 11 is 0. The second-order valence-electron chi connectivity index (χ2n) is 5.02. The lowest BCUT2D eigenvalue weighted by Crippen LogP contribution is -1.99. The number of nitrogens with zero attached hydrogens (tertiary/aromatic N) is 1. The molecule has 0 N–H and O–H groups in total. The summed E-state index contributed by atoms with van der Waals surface area (Å²) in [5, 5.41) is 0. The van der Waals surface area contributed by atoms with Crippen LogP contribution in [0.15, 0.2) is 12.1 Å². The molecule has 0 radical (unpaired) electrons. The van der Waals surface area contributed by atoms with Gasteiger partial charge in [0.1, 0.15) is 0 Å². The zero-order chi connectivity index (χ0) is 15.0. The van der Waals surface area contributed by atoms with Crippen LogP contribution >= 0.6 is 0 Å². The smallest absolute Gasteiger partial charge is 0.302 e. The van der Waals surface area contributed by atoms with Crippen LogP contribution in [-0.2, 0) is 16.0 Å². The van der Waals surface area contributed by atoms with Crippen LogP contribution in [0.5, 0.6) is 0 Å². The molecule has 3 heteroatoms. The van der Waals surface area contributed by atoms with E-state index >= 15 is 0 Å². The molecule has 0 aromatic carbocycles. The molecular weight excluding hydrogens is 250 g/mol. The van der Waals surface area contributed by atoms with E-state index in [1.54, 1.807) is 0 Å². The summed E-state index contributed by atoms with van der Waals surface area (Å²) in [7, 11) is 0. The number of aryl methyl sites for hydroxylation is 3. The molecule has 1 aromatic rings. The molecule has 0 spiro atoms. The number of hydrogen-bond donors (Lipinski definition) is 0.